The van der Waals surface area contributed by atoms with E-state index in [2.05, 4.69) is 36.4 Å². The quantitative estimate of drug-likeness (QED) is 0.736. The molecule has 0 amide bonds. The monoisotopic (exact) mass is 274 g/mol. The fourth-order valence-corrected chi connectivity index (χ4v) is 2.35. The summed E-state index contributed by atoms with van der Waals surface area (Å²) in [6, 6.07) is 26.4. The van der Waals surface area contributed by atoms with Gasteiger partial charge in [-0.25, -0.2) is 0 Å². The molecule has 2 nitrogen and oxygen atoms in total. The average Bonchev–Trinajstić information content (AvgIpc) is 2.56. The summed E-state index contributed by atoms with van der Waals surface area (Å²) in [5, 5.41) is 8.85. The molecule has 3 heteroatoms. The van der Waals surface area contributed by atoms with Crippen LogP contribution in [0.5, 0.6) is 5.75 Å². The maximum absolute atomic E-state index is 8.85. The van der Waals surface area contributed by atoms with Crippen LogP contribution < -0.4 is 4.65 Å². The average molecular weight is 274 g/mol. The van der Waals surface area contributed by atoms with Crippen LogP contribution in [0.25, 0.3) is 22.3 Å². The predicted molar refractivity (Wildman–Crippen MR) is 87.3 cm³/mol. The van der Waals surface area contributed by atoms with Crippen molar-refractivity contribution in [2.45, 2.75) is 0 Å². The topological polar surface area (TPSA) is 29.5 Å². The zero-order valence-corrected chi connectivity index (χ0v) is 11.6. The second-order valence-electron chi connectivity index (χ2n) is 4.75. The molecule has 0 heterocycles. The van der Waals surface area contributed by atoms with E-state index in [1.54, 1.807) is 0 Å². The van der Waals surface area contributed by atoms with Crippen LogP contribution in [0.1, 0.15) is 0 Å². The van der Waals surface area contributed by atoms with Crippen LogP contribution in [-0.4, -0.2) is 12.7 Å². The Balaban J connectivity index is 1.98. The van der Waals surface area contributed by atoms with Gasteiger partial charge in [-0.1, -0.05) is 60.7 Å². The van der Waals surface area contributed by atoms with Crippen LogP contribution in [0.2, 0.25) is 0 Å². The Morgan fingerprint density at radius 1 is 0.619 bits per heavy atom. The minimum Gasteiger partial charge on any atom is -0.539 e. The minimum absolute atomic E-state index is 0.312. The summed E-state index contributed by atoms with van der Waals surface area (Å²) in [7, 11) is -0.312. The molecule has 0 aliphatic heterocycles. The van der Waals surface area contributed by atoms with Gasteiger partial charge in [-0.15, -0.1) is 0 Å². The smallest absolute Gasteiger partial charge is 0.504 e. The molecule has 0 aliphatic rings. The Morgan fingerprint density at radius 2 is 1.19 bits per heavy atom. The molecule has 0 fully saturated rings. The van der Waals surface area contributed by atoms with E-state index in [9.17, 15) is 0 Å². The van der Waals surface area contributed by atoms with E-state index in [1.807, 2.05) is 42.5 Å². The van der Waals surface area contributed by atoms with Gasteiger partial charge in [-0.05, 0) is 40.5 Å². The van der Waals surface area contributed by atoms with Crippen molar-refractivity contribution in [2.24, 2.45) is 0 Å². The summed E-state index contributed by atoms with van der Waals surface area (Å²) >= 11 is 0. The highest BCUT2D eigenvalue weighted by molar-refractivity contribution is 6.17. The van der Waals surface area contributed by atoms with Gasteiger partial charge in [0, 0.05) is 0 Å². The van der Waals surface area contributed by atoms with Crippen molar-refractivity contribution in [1.29, 1.82) is 0 Å². The number of hydrogen-bond donors (Lipinski definition) is 1. The summed E-state index contributed by atoms with van der Waals surface area (Å²) in [6.07, 6.45) is 0. The van der Waals surface area contributed by atoms with Crippen LogP contribution in [0.3, 0.4) is 0 Å². The minimum atomic E-state index is -0.312. The van der Waals surface area contributed by atoms with Crippen LogP contribution in [0.4, 0.5) is 0 Å². The van der Waals surface area contributed by atoms with E-state index < -0.39 is 0 Å². The SMILES string of the molecule is OBOc1cccc(-c2cccc(-c3ccccc3)c2)c1. The maximum atomic E-state index is 8.85. The highest BCUT2D eigenvalue weighted by atomic mass is 16.5. The van der Waals surface area contributed by atoms with Crippen molar-refractivity contribution in [3.8, 4) is 28.0 Å². The Bertz CT molecular complexity index is 726. The van der Waals surface area contributed by atoms with E-state index >= 15 is 0 Å². The summed E-state index contributed by atoms with van der Waals surface area (Å²) in [5.41, 5.74) is 4.57. The third-order valence-corrected chi connectivity index (χ3v) is 3.37. The number of rotatable bonds is 4. The molecule has 3 aromatic carbocycles. The van der Waals surface area contributed by atoms with Crippen LogP contribution >= 0.6 is 0 Å². The summed E-state index contributed by atoms with van der Waals surface area (Å²) in [5.74, 6) is 0.667. The maximum Gasteiger partial charge on any atom is 0.504 e. The molecule has 21 heavy (non-hydrogen) atoms. The second-order valence-corrected chi connectivity index (χ2v) is 4.75. The lowest BCUT2D eigenvalue weighted by molar-refractivity contribution is 0.454. The van der Waals surface area contributed by atoms with Gasteiger partial charge >= 0.3 is 7.69 Å². The molecule has 0 saturated carbocycles. The molecule has 0 atom stereocenters. The fourth-order valence-electron chi connectivity index (χ4n) is 2.35. The third-order valence-electron chi connectivity index (χ3n) is 3.37. The molecule has 0 unspecified atom stereocenters. The van der Waals surface area contributed by atoms with Crippen molar-refractivity contribution in [3.05, 3.63) is 78.9 Å². The van der Waals surface area contributed by atoms with Crippen LogP contribution in [0, 0.1) is 0 Å². The Kier molecular flexibility index (Phi) is 4.03. The summed E-state index contributed by atoms with van der Waals surface area (Å²) in [4.78, 5) is 0. The first-order valence-corrected chi connectivity index (χ1v) is 6.86. The Labute approximate surface area is 125 Å². The van der Waals surface area contributed by atoms with Crippen molar-refractivity contribution in [2.75, 3.05) is 0 Å². The van der Waals surface area contributed by atoms with Gasteiger partial charge in [-0.2, -0.15) is 0 Å². The first-order valence-electron chi connectivity index (χ1n) is 6.86. The van der Waals surface area contributed by atoms with E-state index in [0.29, 0.717) is 5.75 Å². The standard InChI is InChI=1S/C18H15BO2/c20-19-21-18-11-5-10-17(13-18)16-9-4-8-15(12-16)14-6-2-1-3-7-14/h1-13,19-20H. The third kappa shape index (κ3) is 3.15. The highest BCUT2D eigenvalue weighted by Crippen LogP contribution is 2.28. The fraction of sp³-hybridized carbons (Fsp3) is 0. The van der Waals surface area contributed by atoms with Crippen molar-refractivity contribution < 1.29 is 9.68 Å². The van der Waals surface area contributed by atoms with Gasteiger partial charge in [-0.3, -0.25) is 0 Å². The van der Waals surface area contributed by atoms with E-state index in [0.717, 1.165) is 11.1 Å². The van der Waals surface area contributed by atoms with Gasteiger partial charge in [0.15, 0.2) is 0 Å². The molecule has 3 rings (SSSR count). The first kappa shape index (κ1) is 13.5. The summed E-state index contributed by atoms with van der Waals surface area (Å²) in [6.45, 7) is 0. The molecule has 0 saturated heterocycles. The second kappa shape index (κ2) is 6.29. The van der Waals surface area contributed by atoms with Gasteiger partial charge in [0.2, 0.25) is 0 Å². The molecular formula is C18H15BO2. The normalized spacial score (nSPS) is 10.1. The van der Waals surface area contributed by atoms with E-state index in [-0.39, 0.29) is 7.69 Å². The molecule has 0 aliphatic carbocycles. The Hall–Kier alpha value is -2.52. The molecule has 3 aromatic rings. The lowest BCUT2D eigenvalue weighted by atomic mass is 9.99. The van der Waals surface area contributed by atoms with Crippen molar-refractivity contribution in [1.82, 2.24) is 0 Å². The molecule has 0 spiro atoms. The number of benzene rings is 3. The molecular weight excluding hydrogens is 259 g/mol. The first-order chi connectivity index (χ1) is 10.4. The summed E-state index contributed by atoms with van der Waals surface area (Å²) < 4.78 is 5.14. The van der Waals surface area contributed by atoms with Gasteiger partial charge in [0.25, 0.3) is 0 Å². The molecule has 1 N–H and O–H groups in total. The zero-order chi connectivity index (χ0) is 14.5. The lowest BCUT2D eigenvalue weighted by Gasteiger charge is -2.08. The highest BCUT2D eigenvalue weighted by Gasteiger charge is 2.03. The predicted octanol–water partition coefficient (Wildman–Crippen LogP) is 3.66. The van der Waals surface area contributed by atoms with Gasteiger partial charge < -0.3 is 9.68 Å². The van der Waals surface area contributed by atoms with Crippen molar-refractivity contribution >= 4 is 7.69 Å². The van der Waals surface area contributed by atoms with Crippen LogP contribution in [-0.2, 0) is 0 Å². The zero-order valence-electron chi connectivity index (χ0n) is 11.6. The molecule has 0 bridgehead atoms. The number of hydrogen-bond acceptors (Lipinski definition) is 2. The Morgan fingerprint density at radius 3 is 1.90 bits per heavy atom. The lowest BCUT2D eigenvalue weighted by Crippen LogP contribution is -1.99. The van der Waals surface area contributed by atoms with E-state index in [1.165, 1.54) is 11.1 Å². The molecule has 0 radical (unpaired) electrons. The molecule has 102 valence electrons. The van der Waals surface area contributed by atoms with Crippen LogP contribution in [0.15, 0.2) is 78.9 Å². The van der Waals surface area contributed by atoms with Crippen molar-refractivity contribution in [3.63, 3.8) is 0 Å². The largest absolute Gasteiger partial charge is 0.539 e. The van der Waals surface area contributed by atoms with Gasteiger partial charge in [0.1, 0.15) is 5.75 Å². The van der Waals surface area contributed by atoms with E-state index in [4.69, 9.17) is 9.68 Å². The van der Waals surface area contributed by atoms with Gasteiger partial charge in [0.05, 0.1) is 0 Å². The molecule has 0 aromatic heterocycles.